The van der Waals surface area contributed by atoms with Gasteiger partial charge in [-0.15, -0.1) is 0 Å². The molecule has 17 heavy (non-hydrogen) atoms. The fraction of sp³-hybridized carbons (Fsp3) is 0.545. The van der Waals surface area contributed by atoms with Crippen molar-refractivity contribution in [1.29, 1.82) is 0 Å². The van der Waals surface area contributed by atoms with Gasteiger partial charge >= 0.3 is 0 Å². The minimum Gasteiger partial charge on any atom is -0.366 e. The average Bonchev–Trinajstić information content (AvgIpc) is 2.15. The van der Waals surface area contributed by atoms with Crippen molar-refractivity contribution >= 4 is 10.0 Å². The molecule has 0 bridgehead atoms. The molecule has 6 heteroatoms. The van der Waals surface area contributed by atoms with Crippen LogP contribution in [0.4, 0.5) is 0 Å². The SMILES string of the molecule is CCCC(C)(C)NS(=O)(=O)c1c[nH]ccc1=O. The summed E-state index contributed by atoms with van der Waals surface area (Å²) in [4.78, 5) is 13.8. The summed E-state index contributed by atoms with van der Waals surface area (Å²) in [5.41, 5.74) is -1.07. The molecule has 0 saturated heterocycles. The smallest absolute Gasteiger partial charge is 0.246 e. The van der Waals surface area contributed by atoms with Gasteiger partial charge in [-0.2, -0.15) is 0 Å². The molecule has 0 aliphatic heterocycles. The zero-order valence-electron chi connectivity index (χ0n) is 10.3. The predicted molar refractivity (Wildman–Crippen MR) is 66.4 cm³/mol. The van der Waals surface area contributed by atoms with Gasteiger partial charge in [-0.3, -0.25) is 4.79 Å². The van der Waals surface area contributed by atoms with Gasteiger partial charge in [-0.25, -0.2) is 13.1 Å². The highest BCUT2D eigenvalue weighted by Gasteiger charge is 2.26. The molecule has 96 valence electrons. The van der Waals surface area contributed by atoms with Gasteiger partial charge in [-0.1, -0.05) is 13.3 Å². The van der Waals surface area contributed by atoms with Crippen LogP contribution in [-0.2, 0) is 10.0 Å². The Bertz CT molecular complexity index is 532. The summed E-state index contributed by atoms with van der Waals surface area (Å²) in [6.45, 7) is 5.57. The number of sulfonamides is 1. The van der Waals surface area contributed by atoms with Crippen LogP contribution in [0.25, 0.3) is 0 Å². The Labute approximate surface area is 101 Å². The molecule has 0 amide bonds. The van der Waals surface area contributed by atoms with Crippen LogP contribution in [0.2, 0.25) is 0 Å². The Morgan fingerprint density at radius 1 is 1.41 bits per heavy atom. The van der Waals surface area contributed by atoms with Gasteiger partial charge in [-0.05, 0) is 20.3 Å². The van der Waals surface area contributed by atoms with Gasteiger partial charge in [0.15, 0.2) is 0 Å². The lowest BCUT2D eigenvalue weighted by Crippen LogP contribution is -2.44. The molecule has 0 radical (unpaired) electrons. The van der Waals surface area contributed by atoms with Crippen LogP contribution in [-0.4, -0.2) is 18.9 Å². The van der Waals surface area contributed by atoms with E-state index in [1.807, 2.05) is 6.92 Å². The summed E-state index contributed by atoms with van der Waals surface area (Å²) in [7, 11) is -3.76. The molecule has 0 aliphatic rings. The minimum atomic E-state index is -3.76. The second kappa shape index (κ2) is 5.01. The number of hydrogen-bond donors (Lipinski definition) is 2. The lowest BCUT2D eigenvalue weighted by atomic mass is 10.0. The maximum Gasteiger partial charge on any atom is 0.246 e. The first-order valence-corrected chi connectivity index (χ1v) is 6.98. The standard InChI is InChI=1S/C11H18N2O3S/c1-4-6-11(2,3)13-17(15,16)10-8-12-7-5-9(10)14/h5,7-8,13H,4,6H2,1-3H3,(H,12,14). The Morgan fingerprint density at radius 2 is 2.06 bits per heavy atom. The van der Waals surface area contributed by atoms with Gasteiger partial charge < -0.3 is 4.98 Å². The molecule has 1 heterocycles. The van der Waals surface area contributed by atoms with Crippen LogP contribution in [0.3, 0.4) is 0 Å². The molecule has 0 saturated carbocycles. The second-order valence-electron chi connectivity index (χ2n) is 4.61. The number of aromatic amines is 1. The normalized spacial score (nSPS) is 12.6. The van der Waals surface area contributed by atoms with E-state index in [2.05, 4.69) is 9.71 Å². The highest BCUT2D eigenvalue weighted by molar-refractivity contribution is 7.89. The molecular formula is C11H18N2O3S. The number of hydrogen-bond acceptors (Lipinski definition) is 3. The number of nitrogens with one attached hydrogen (secondary N) is 2. The lowest BCUT2D eigenvalue weighted by Gasteiger charge is -2.25. The summed E-state index contributed by atoms with van der Waals surface area (Å²) in [5, 5.41) is 0. The summed E-state index contributed by atoms with van der Waals surface area (Å²) < 4.78 is 26.6. The molecule has 0 spiro atoms. The highest BCUT2D eigenvalue weighted by atomic mass is 32.2. The second-order valence-corrected chi connectivity index (χ2v) is 6.26. The van der Waals surface area contributed by atoms with E-state index in [1.165, 1.54) is 18.5 Å². The highest BCUT2D eigenvalue weighted by Crippen LogP contribution is 2.14. The third-order valence-electron chi connectivity index (χ3n) is 2.36. The third kappa shape index (κ3) is 3.67. The first-order chi connectivity index (χ1) is 7.78. The largest absolute Gasteiger partial charge is 0.366 e. The first kappa shape index (κ1) is 13.9. The fourth-order valence-corrected chi connectivity index (χ4v) is 3.20. The van der Waals surface area contributed by atoms with Crippen molar-refractivity contribution in [1.82, 2.24) is 9.71 Å². The maximum atomic E-state index is 12.0. The van der Waals surface area contributed by atoms with E-state index in [0.717, 1.165) is 6.42 Å². The summed E-state index contributed by atoms with van der Waals surface area (Å²) >= 11 is 0. The predicted octanol–water partition coefficient (Wildman–Crippen LogP) is 1.23. The Kier molecular flexibility index (Phi) is 4.11. The van der Waals surface area contributed by atoms with E-state index in [9.17, 15) is 13.2 Å². The number of H-pyrrole nitrogens is 1. The molecule has 5 nitrogen and oxygen atoms in total. The lowest BCUT2D eigenvalue weighted by molar-refractivity contribution is 0.417. The van der Waals surface area contributed by atoms with Crippen LogP contribution in [0.5, 0.6) is 0 Å². The Hall–Kier alpha value is -1.14. The number of pyridine rings is 1. The average molecular weight is 258 g/mol. The zero-order chi connectivity index (χ0) is 13.1. The van der Waals surface area contributed by atoms with Crippen LogP contribution in [0.15, 0.2) is 28.2 Å². The van der Waals surface area contributed by atoms with E-state index in [4.69, 9.17) is 0 Å². The quantitative estimate of drug-likeness (QED) is 0.833. The van der Waals surface area contributed by atoms with Crippen molar-refractivity contribution in [3.05, 3.63) is 28.7 Å². The molecule has 0 atom stereocenters. The minimum absolute atomic E-state index is 0.246. The third-order valence-corrected chi connectivity index (χ3v) is 4.08. The molecule has 1 aromatic heterocycles. The Balaban J connectivity index is 3.06. The summed E-state index contributed by atoms with van der Waals surface area (Å²) in [5.74, 6) is 0. The molecule has 0 fully saturated rings. The Morgan fingerprint density at radius 3 is 2.59 bits per heavy atom. The van der Waals surface area contributed by atoms with Gasteiger partial charge in [0, 0.05) is 24.0 Å². The van der Waals surface area contributed by atoms with Crippen LogP contribution in [0.1, 0.15) is 33.6 Å². The van der Waals surface area contributed by atoms with Crippen molar-refractivity contribution in [3.8, 4) is 0 Å². The van der Waals surface area contributed by atoms with E-state index in [-0.39, 0.29) is 4.90 Å². The van der Waals surface area contributed by atoms with Gasteiger partial charge in [0.05, 0.1) is 0 Å². The van der Waals surface area contributed by atoms with Crippen molar-refractivity contribution in [2.75, 3.05) is 0 Å². The van der Waals surface area contributed by atoms with Crippen molar-refractivity contribution < 1.29 is 8.42 Å². The van der Waals surface area contributed by atoms with E-state index >= 15 is 0 Å². The van der Waals surface area contributed by atoms with Crippen molar-refractivity contribution in [2.24, 2.45) is 0 Å². The van der Waals surface area contributed by atoms with Crippen molar-refractivity contribution in [3.63, 3.8) is 0 Å². The monoisotopic (exact) mass is 258 g/mol. The molecule has 0 aromatic carbocycles. The fourth-order valence-electron chi connectivity index (χ4n) is 1.71. The van der Waals surface area contributed by atoms with Crippen molar-refractivity contribution in [2.45, 2.75) is 44.0 Å². The summed E-state index contributed by atoms with van der Waals surface area (Å²) in [6, 6.07) is 1.20. The molecule has 1 aromatic rings. The van der Waals surface area contributed by atoms with E-state index < -0.39 is 21.0 Å². The first-order valence-electron chi connectivity index (χ1n) is 5.49. The van der Waals surface area contributed by atoms with Gasteiger partial charge in [0.2, 0.25) is 15.5 Å². The molecule has 2 N–H and O–H groups in total. The van der Waals surface area contributed by atoms with E-state index in [0.29, 0.717) is 6.42 Å². The summed E-state index contributed by atoms with van der Waals surface area (Å²) in [6.07, 6.45) is 4.17. The van der Waals surface area contributed by atoms with Gasteiger partial charge in [0.25, 0.3) is 0 Å². The van der Waals surface area contributed by atoms with Crippen LogP contribution >= 0.6 is 0 Å². The molecule has 1 rings (SSSR count). The maximum absolute atomic E-state index is 12.0. The molecule has 0 aliphatic carbocycles. The van der Waals surface area contributed by atoms with E-state index in [1.54, 1.807) is 13.8 Å². The van der Waals surface area contributed by atoms with Crippen LogP contribution in [0, 0.1) is 0 Å². The molecule has 0 unspecified atom stereocenters. The molecular weight excluding hydrogens is 240 g/mol. The number of aromatic nitrogens is 1. The topological polar surface area (TPSA) is 79.0 Å². The van der Waals surface area contributed by atoms with Crippen LogP contribution < -0.4 is 10.2 Å². The zero-order valence-corrected chi connectivity index (χ0v) is 11.1. The number of rotatable bonds is 5. The van der Waals surface area contributed by atoms with Gasteiger partial charge in [0.1, 0.15) is 4.90 Å².